The fraction of sp³-hybridized carbons (Fsp3) is 0.524. The van der Waals surface area contributed by atoms with E-state index in [0.717, 1.165) is 37.3 Å². The maximum Gasteiger partial charge on any atom is 0.257 e. The summed E-state index contributed by atoms with van der Waals surface area (Å²) in [4.78, 5) is 15.2. The minimum Gasteiger partial charge on any atom is -0.338 e. The molecule has 0 unspecified atom stereocenters. The molecule has 2 heterocycles. The summed E-state index contributed by atoms with van der Waals surface area (Å²) < 4.78 is 1.91. The van der Waals surface area contributed by atoms with Gasteiger partial charge in [0.15, 0.2) is 0 Å². The SMILES string of the molecule is Cc1ccc(-n2ncc(C(=O)N3CCC[C@H]([C@H](C)N)C3)c2C(C)C)cc1. The molecule has 1 aromatic carbocycles. The van der Waals surface area contributed by atoms with Gasteiger partial charge in [-0.05, 0) is 50.7 Å². The Morgan fingerprint density at radius 3 is 2.54 bits per heavy atom. The van der Waals surface area contributed by atoms with E-state index in [4.69, 9.17) is 5.73 Å². The molecule has 140 valence electrons. The van der Waals surface area contributed by atoms with Crippen molar-refractivity contribution in [2.24, 2.45) is 11.7 Å². The predicted molar refractivity (Wildman–Crippen MR) is 105 cm³/mol. The van der Waals surface area contributed by atoms with Crippen molar-refractivity contribution >= 4 is 5.91 Å². The Kier molecular flexibility index (Phi) is 5.47. The zero-order valence-corrected chi connectivity index (χ0v) is 16.3. The Hall–Kier alpha value is -2.14. The van der Waals surface area contributed by atoms with Gasteiger partial charge in [-0.3, -0.25) is 4.79 Å². The number of hydrogen-bond donors (Lipinski definition) is 1. The van der Waals surface area contributed by atoms with Gasteiger partial charge in [-0.25, -0.2) is 4.68 Å². The monoisotopic (exact) mass is 354 g/mol. The maximum atomic E-state index is 13.2. The number of aromatic nitrogens is 2. The smallest absolute Gasteiger partial charge is 0.257 e. The molecule has 2 aromatic rings. The maximum absolute atomic E-state index is 13.2. The summed E-state index contributed by atoms with van der Waals surface area (Å²) in [5, 5.41) is 4.55. The summed E-state index contributed by atoms with van der Waals surface area (Å²) in [6.07, 6.45) is 3.84. The minimum absolute atomic E-state index is 0.0809. The molecule has 5 heteroatoms. The Morgan fingerprint density at radius 1 is 1.23 bits per heavy atom. The molecular weight excluding hydrogens is 324 g/mol. The molecule has 0 aliphatic carbocycles. The molecule has 3 rings (SSSR count). The Labute approximate surface area is 156 Å². The fourth-order valence-corrected chi connectivity index (χ4v) is 3.76. The van der Waals surface area contributed by atoms with Crippen molar-refractivity contribution in [3.63, 3.8) is 0 Å². The van der Waals surface area contributed by atoms with E-state index in [1.54, 1.807) is 6.20 Å². The summed E-state index contributed by atoms with van der Waals surface area (Å²) in [5.41, 5.74) is 9.97. The fourth-order valence-electron chi connectivity index (χ4n) is 3.76. The van der Waals surface area contributed by atoms with Crippen LogP contribution in [0.15, 0.2) is 30.5 Å². The molecule has 0 saturated carbocycles. The lowest BCUT2D eigenvalue weighted by molar-refractivity contribution is 0.0659. The number of aryl methyl sites for hydroxylation is 1. The molecule has 0 spiro atoms. The highest BCUT2D eigenvalue weighted by Crippen LogP contribution is 2.27. The van der Waals surface area contributed by atoms with Gasteiger partial charge in [0, 0.05) is 19.1 Å². The zero-order valence-electron chi connectivity index (χ0n) is 16.3. The van der Waals surface area contributed by atoms with Crippen LogP contribution in [0.3, 0.4) is 0 Å². The zero-order chi connectivity index (χ0) is 18.8. The number of carbonyl (C=O) groups is 1. The second-order valence-electron chi connectivity index (χ2n) is 7.86. The molecule has 1 aliphatic rings. The molecule has 1 fully saturated rings. The Bertz CT molecular complexity index is 761. The normalized spacial score (nSPS) is 19.0. The number of hydrogen-bond acceptors (Lipinski definition) is 3. The second kappa shape index (κ2) is 7.62. The third-order valence-electron chi connectivity index (χ3n) is 5.35. The van der Waals surface area contributed by atoms with Crippen molar-refractivity contribution in [3.05, 3.63) is 47.3 Å². The summed E-state index contributed by atoms with van der Waals surface area (Å²) in [6.45, 7) is 9.86. The van der Waals surface area contributed by atoms with E-state index >= 15 is 0 Å². The average molecular weight is 354 g/mol. The van der Waals surface area contributed by atoms with Crippen molar-refractivity contribution < 1.29 is 4.79 Å². The van der Waals surface area contributed by atoms with Crippen LogP contribution in [0.5, 0.6) is 0 Å². The van der Waals surface area contributed by atoms with E-state index in [1.807, 2.05) is 16.5 Å². The molecular formula is C21H30N4O. The van der Waals surface area contributed by atoms with Crippen molar-refractivity contribution in [1.29, 1.82) is 0 Å². The van der Waals surface area contributed by atoms with E-state index in [1.165, 1.54) is 5.56 Å². The first-order chi connectivity index (χ1) is 12.4. The molecule has 0 radical (unpaired) electrons. The van der Waals surface area contributed by atoms with Gasteiger partial charge >= 0.3 is 0 Å². The van der Waals surface area contributed by atoms with Gasteiger partial charge in [-0.2, -0.15) is 5.10 Å². The molecule has 0 bridgehead atoms. The van der Waals surface area contributed by atoms with Gasteiger partial charge in [0.2, 0.25) is 0 Å². The standard InChI is InChI=1S/C21H30N4O/c1-14(2)20-19(12-23-25(20)18-9-7-15(3)8-10-18)21(26)24-11-5-6-17(13-24)16(4)22/h7-10,12,14,16-17H,5-6,11,13,22H2,1-4H3/t16-,17-/m0/s1. The molecule has 26 heavy (non-hydrogen) atoms. The van der Waals surface area contributed by atoms with Gasteiger partial charge in [0.1, 0.15) is 0 Å². The number of benzene rings is 1. The highest BCUT2D eigenvalue weighted by molar-refractivity contribution is 5.95. The van der Waals surface area contributed by atoms with Crippen molar-refractivity contribution in [2.75, 3.05) is 13.1 Å². The van der Waals surface area contributed by atoms with Gasteiger partial charge in [0.05, 0.1) is 23.1 Å². The minimum atomic E-state index is 0.0809. The first kappa shape index (κ1) is 18.6. The van der Waals surface area contributed by atoms with Crippen LogP contribution in [0.1, 0.15) is 61.1 Å². The summed E-state index contributed by atoms with van der Waals surface area (Å²) in [5.74, 6) is 0.659. The second-order valence-corrected chi connectivity index (χ2v) is 7.86. The first-order valence-electron chi connectivity index (χ1n) is 9.58. The first-order valence-corrected chi connectivity index (χ1v) is 9.58. The van der Waals surface area contributed by atoms with Crippen LogP contribution < -0.4 is 5.73 Å². The molecule has 2 N–H and O–H groups in total. The Balaban J connectivity index is 1.92. The van der Waals surface area contributed by atoms with Crippen LogP contribution >= 0.6 is 0 Å². The molecule has 1 aliphatic heterocycles. The van der Waals surface area contributed by atoms with Gasteiger partial charge in [-0.1, -0.05) is 31.5 Å². The van der Waals surface area contributed by atoms with Crippen molar-refractivity contribution in [1.82, 2.24) is 14.7 Å². The number of nitrogens with two attached hydrogens (primary N) is 1. The third kappa shape index (κ3) is 3.68. The third-order valence-corrected chi connectivity index (χ3v) is 5.35. The number of amides is 1. The molecule has 5 nitrogen and oxygen atoms in total. The van der Waals surface area contributed by atoms with Crippen LogP contribution in [-0.2, 0) is 0 Å². The lowest BCUT2D eigenvalue weighted by atomic mass is 9.91. The topological polar surface area (TPSA) is 64.2 Å². The van der Waals surface area contributed by atoms with E-state index in [9.17, 15) is 4.79 Å². The molecule has 1 amide bonds. The number of piperidine rings is 1. The van der Waals surface area contributed by atoms with Crippen LogP contribution in [0.2, 0.25) is 0 Å². The lowest BCUT2D eigenvalue weighted by Crippen LogP contribution is -2.45. The summed E-state index contributed by atoms with van der Waals surface area (Å²) >= 11 is 0. The number of nitrogens with zero attached hydrogens (tertiary/aromatic N) is 3. The molecule has 1 aromatic heterocycles. The van der Waals surface area contributed by atoms with Gasteiger partial charge in [0.25, 0.3) is 5.91 Å². The van der Waals surface area contributed by atoms with Crippen LogP contribution in [0.25, 0.3) is 5.69 Å². The van der Waals surface area contributed by atoms with Crippen molar-refractivity contribution in [3.8, 4) is 5.69 Å². The van der Waals surface area contributed by atoms with E-state index in [0.29, 0.717) is 11.5 Å². The number of rotatable bonds is 4. The van der Waals surface area contributed by atoms with E-state index < -0.39 is 0 Å². The Morgan fingerprint density at radius 2 is 1.92 bits per heavy atom. The number of carbonyl (C=O) groups excluding carboxylic acids is 1. The summed E-state index contributed by atoms with van der Waals surface area (Å²) in [7, 11) is 0. The summed E-state index contributed by atoms with van der Waals surface area (Å²) in [6, 6.07) is 8.36. The van der Waals surface area contributed by atoms with Crippen LogP contribution in [-0.4, -0.2) is 39.7 Å². The van der Waals surface area contributed by atoms with E-state index in [-0.39, 0.29) is 17.9 Å². The van der Waals surface area contributed by atoms with Gasteiger partial charge < -0.3 is 10.6 Å². The quantitative estimate of drug-likeness (QED) is 0.914. The molecule has 1 saturated heterocycles. The highest BCUT2D eigenvalue weighted by atomic mass is 16.2. The molecule has 2 atom stereocenters. The average Bonchev–Trinajstić information content (AvgIpc) is 3.07. The van der Waals surface area contributed by atoms with Crippen molar-refractivity contribution in [2.45, 2.75) is 52.5 Å². The van der Waals surface area contributed by atoms with Crippen LogP contribution in [0.4, 0.5) is 0 Å². The highest BCUT2D eigenvalue weighted by Gasteiger charge is 2.29. The largest absolute Gasteiger partial charge is 0.338 e. The van der Waals surface area contributed by atoms with Gasteiger partial charge in [-0.15, -0.1) is 0 Å². The number of likely N-dealkylation sites (tertiary alicyclic amines) is 1. The predicted octanol–water partition coefficient (Wildman–Crippen LogP) is 3.50. The van der Waals surface area contributed by atoms with E-state index in [2.05, 4.69) is 50.1 Å². The lowest BCUT2D eigenvalue weighted by Gasteiger charge is -2.34. The van der Waals surface area contributed by atoms with Crippen LogP contribution in [0, 0.1) is 12.8 Å².